The Morgan fingerprint density at radius 2 is 1.52 bits per heavy atom. The molecule has 7 nitrogen and oxygen atoms in total. The Balaban J connectivity index is 2.14. The van der Waals surface area contributed by atoms with Gasteiger partial charge in [-0.3, -0.25) is 14.1 Å². The van der Waals surface area contributed by atoms with Crippen LogP contribution in [0.3, 0.4) is 0 Å². The number of hydrogen-bond donors (Lipinski definition) is 1. The Hall–Kier alpha value is 0.690. The molecule has 27 heavy (non-hydrogen) atoms. The first-order valence-electron chi connectivity index (χ1n) is 7.36. The van der Waals surface area contributed by atoms with E-state index in [9.17, 15) is 26.3 Å². The molecule has 0 aliphatic carbocycles. The molecule has 0 aromatic rings. The van der Waals surface area contributed by atoms with Crippen LogP contribution in [0.4, 0.5) is 26.3 Å². The van der Waals surface area contributed by atoms with Crippen molar-refractivity contribution in [2.24, 2.45) is 13.5 Å². The normalized spacial score (nSPS) is 36.8. The van der Waals surface area contributed by atoms with Gasteiger partial charge in [0, 0.05) is 13.1 Å². The van der Waals surface area contributed by atoms with Crippen molar-refractivity contribution < 1.29 is 35.4 Å². The smallest absolute Gasteiger partial charge is 0.300 e. The van der Waals surface area contributed by atoms with Crippen molar-refractivity contribution >= 4 is 43.6 Å². The number of halogens is 8. The number of nitrogens with zero attached hydrogens (tertiary/aromatic N) is 4. The van der Waals surface area contributed by atoms with Gasteiger partial charge in [-0.25, -0.2) is 4.67 Å². The topological polar surface area (TPSA) is 70.8 Å². The molecule has 18 heteroatoms. The van der Waals surface area contributed by atoms with Crippen molar-refractivity contribution in [1.82, 2.24) is 9.76 Å². The summed E-state index contributed by atoms with van der Waals surface area (Å²) in [7, 11) is -5.82. The van der Waals surface area contributed by atoms with E-state index in [2.05, 4.69) is 18.6 Å². The Labute approximate surface area is 160 Å². The lowest BCUT2D eigenvalue weighted by Crippen LogP contribution is -2.58. The molecule has 2 spiro atoms. The third-order valence-electron chi connectivity index (χ3n) is 3.90. The summed E-state index contributed by atoms with van der Waals surface area (Å²) in [5, 5.41) is 2.95. The quantitative estimate of drug-likeness (QED) is 0.317. The molecule has 0 aromatic carbocycles. The summed E-state index contributed by atoms with van der Waals surface area (Å²) >= 11 is 12.1. The summed E-state index contributed by atoms with van der Waals surface area (Å²) in [6.07, 6.45) is 0.686. The fourth-order valence-corrected chi connectivity index (χ4v) is 14.9. The standard InChI is InChI=1S/C9H14Cl2F6N5O2P3/c1-22-4-2-3-18-26(22)19-25(10,11)20-27(21-26)23-5-7(12,13)9(16,17)8(14,15)6-24-27/h18H,2-6H2,1H3. The Kier molecular flexibility index (Phi) is 5.68. The fourth-order valence-electron chi connectivity index (χ4n) is 2.41. The molecule has 3 heterocycles. The van der Waals surface area contributed by atoms with E-state index in [0.29, 0.717) is 19.5 Å². The van der Waals surface area contributed by atoms with Gasteiger partial charge in [0.15, 0.2) is 0 Å². The van der Waals surface area contributed by atoms with Crippen molar-refractivity contribution in [1.29, 1.82) is 0 Å². The van der Waals surface area contributed by atoms with Crippen molar-refractivity contribution in [2.45, 2.75) is 24.2 Å². The highest BCUT2D eigenvalue weighted by Gasteiger charge is 2.73. The lowest BCUT2D eigenvalue weighted by atomic mass is 10.1. The lowest BCUT2D eigenvalue weighted by Gasteiger charge is -2.41. The Morgan fingerprint density at radius 3 is 2.04 bits per heavy atom. The molecular formula is C9H14Cl2F6N5O2P3. The van der Waals surface area contributed by atoms with E-state index in [0.717, 1.165) is 0 Å². The maximum atomic E-state index is 13.8. The van der Waals surface area contributed by atoms with Crippen molar-refractivity contribution in [3.63, 3.8) is 0 Å². The molecule has 3 rings (SSSR count). The van der Waals surface area contributed by atoms with Gasteiger partial charge in [-0.1, -0.05) is 0 Å². The highest BCUT2D eigenvalue weighted by Crippen LogP contribution is 2.83. The van der Waals surface area contributed by atoms with Crippen LogP contribution in [-0.4, -0.2) is 55.8 Å². The molecule has 3 aliphatic heterocycles. The van der Waals surface area contributed by atoms with E-state index in [1.165, 1.54) is 0 Å². The summed E-state index contributed by atoms with van der Waals surface area (Å²) in [4.78, 5) is 0. The van der Waals surface area contributed by atoms with Crippen molar-refractivity contribution in [2.75, 3.05) is 33.4 Å². The van der Waals surface area contributed by atoms with E-state index in [1.54, 1.807) is 11.7 Å². The van der Waals surface area contributed by atoms with E-state index in [1.807, 2.05) is 0 Å². The van der Waals surface area contributed by atoms with Gasteiger partial charge in [-0.05, 0) is 36.0 Å². The minimum atomic E-state index is -5.69. The van der Waals surface area contributed by atoms with Crippen LogP contribution in [0.1, 0.15) is 6.42 Å². The molecule has 0 amide bonds. The fraction of sp³-hybridized carbons (Fsp3) is 1.00. The first-order chi connectivity index (χ1) is 12.2. The molecule has 2 saturated heterocycles. The van der Waals surface area contributed by atoms with Crippen LogP contribution in [0.5, 0.6) is 0 Å². The summed E-state index contributed by atoms with van der Waals surface area (Å²) in [5.74, 6) is -19.7. The highest BCUT2D eigenvalue weighted by atomic mass is 35.9. The zero-order chi connectivity index (χ0) is 20.4. The van der Waals surface area contributed by atoms with Gasteiger partial charge >= 0.3 is 25.4 Å². The van der Waals surface area contributed by atoms with E-state index in [-0.39, 0.29) is 0 Å². The van der Waals surface area contributed by atoms with Crippen LogP contribution in [0.25, 0.3) is 0 Å². The lowest BCUT2D eigenvalue weighted by molar-refractivity contribution is -0.325. The Bertz CT molecular complexity index is 779. The van der Waals surface area contributed by atoms with Gasteiger partial charge in [0.2, 0.25) is 7.51 Å². The molecule has 0 saturated carbocycles. The van der Waals surface area contributed by atoms with Crippen LogP contribution in [0, 0.1) is 0 Å². The maximum Gasteiger partial charge on any atom is 0.376 e. The first kappa shape index (κ1) is 22.4. The summed E-state index contributed by atoms with van der Waals surface area (Å²) in [6.45, 7) is -3.31. The molecule has 0 radical (unpaired) electrons. The second-order valence-corrected chi connectivity index (χ2v) is 16.0. The van der Waals surface area contributed by atoms with Gasteiger partial charge in [0.05, 0.1) is 0 Å². The molecule has 2 fully saturated rings. The minimum absolute atomic E-state index is 0.406. The summed E-state index contributed by atoms with van der Waals surface area (Å²) in [5.41, 5.74) is 0. The monoisotopic (exact) mass is 501 g/mol. The largest absolute Gasteiger partial charge is 0.376 e. The van der Waals surface area contributed by atoms with E-state index in [4.69, 9.17) is 31.5 Å². The molecule has 1 unspecified atom stereocenters. The number of rotatable bonds is 0. The Morgan fingerprint density at radius 1 is 0.963 bits per heavy atom. The van der Waals surface area contributed by atoms with Gasteiger partial charge in [0.1, 0.15) is 13.2 Å². The molecule has 1 N–H and O–H groups in total. The number of alkyl halides is 6. The zero-order valence-electron chi connectivity index (χ0n) is 13.5. The summed E-state index contributed by atoms with van der Waals surface area (Å²) < 4.78 is 105. The second kappa shape index (κ2) is 6.86. The first-order valence-corrected chi connectivity index (χ1v) is 14.0. The van der Waals surface area contributed by atoms with Gasteiger partial charge in [-0.15, -0.1) is 0 Å². The number of hydrogen-bond acceptors (Lipinski definition) is 7. The third-order valence-corrected chi connectivity index (χ3v) is 14.6. The molecule has 1 atom stereocenters. The molecule has 0 bridgehead atoms. The third kappa shape index (κ3) is 3.89. The molecule has 158 valence electrons. The summed E-state index contributed by atoms with van der Waals surface area (Å²) in [6, 6.07) is 0. The van der Waals surface area contributed by atoms with Crippen LogP contribution in [0.2, 0.25) is 0 Å². The SMILES string of the molecule is CN1CCCNP12=NP1(=NP(Cl)(Cl)=N2)OCC(F)(F)C(F)(F)C(F)(F)CO1. The van der Waals surface area contributed by atoms with Crippen LogP contribution >= 0.6 is 43.6 Å². The van der Waals surface area contributed by atoms with Crippen molar-refractivity contribution in [3.8, 4) is 0 Å². The zero-order valence-corrected chi connectivity index (χ0v) is 17.7. The number of nitrogens with one attached hydrogen (secondary N) is 1. The van der Waals surface area contributed by atoms with Crippen molar-refractivity contribution in [3.05, 3.63) is 0 Å². The maximum absolute atomic E-state index is 13.8. The predicted octanol–water partition coefficient (Wildman–Crippen LogP) is 6.19. The molecule has 3 aliphatic rings. The second-order valence-electron chi connectivity index (χ2n) is 5.96. The van der Waals surface area contributed by atoms with E-state index < -0.39 is 52.1 Å². The average Bonchev–Trinajstić information content (AvgIpc) is 2.52. The van der Waals surface area contributed by atoms with Crippen LogP contribution in [0.15, 0.2) is 13.5 Å². The predicted molar refractivity (Wildman–Crippen MR) is 91.7 cm³/mol. The minimum Gasteiger partial charge on any atom is -0.300 e. The van der Waals surface area contributed by atoms with Gasteiger partial charge in [-0.2, -0.15) is 39.9 Å². The van der Waals surface area contributed by atoms with Gasteiger partial charge in [0.25, 0.3) is 5.91 Å². The van der Waals surface area contributed by atoms with E-state index >= 15 is 0 Å². The van der Waals surface area contributed by atoms with Crippen LogP contribution < -0.4 is 5.09 Å². The molecule has 0 aromatic heterocycles. The highest BCUT2D eigenvalue weighted by molar-refractivity contribution is 8.13. The van der Waals surface area contributed by atoms with Gasteiger partial charge < -0.3 is 0 Å². The average molecular weight is 502 g/mol. The molecular weight excluding hydrogens is 488 g/mol. The van der Waals surface area contributed by atoms with Crippen LogP contribution in [-0.2, 0) is 9.05 Å².